The molecule has 0 spiro atoms. The first-order chi connectivity index (χ1) is 47.2. The van der Waals surface area contributed by atoms with Crippen LogP contribution in [0.3, 0.4) is 0 Å². The van der Waals surface area contributed by atoms with Crippen LogP contribution in [-0.4, -0.2) is 108 Å². The fourth-order valence-electron chi connectivity index (χ4n) is 9.22. The highest BCUT2D eigenvalue weighted by molar-refractivity contribution is 7.13. The van der Waals surface area contributed by atoms with Crippen LogP contribution in [0.1, 0.15) is 45.9 Å². The fourth-order valence-corrected chi connectivity index (χ4v) is 13.1. The lowest BCUT2D eigenvalue weighted by Gasteiger charge is -2.11. The number of thiazole rings is 6. The van der Waals surface area contributed by atoms with Crippen molar-refractivity contribution < 1.29 is 60.9 Å². The average molecular weight is 1450 g/mol. The summed E-state index contributed by atoms with van der Waals surface area (Å²) in [6.45, 7) is 16.7. The van der Waals surface area contributed by atoms with E-state index in [0.29, 0.717) is 49.2 Å². The number of halogens is 2. The van der Waals surface area contributed by atoms with E-state index < -0.39 is 0 Å². The Hall–Kier alpha value is -9.24. The number of nitrogens with zero attached hydrogens (tertiary/aromatic N) is 6. The van der Waals surface area contributed by atoms with Crippen molar-refractivity contribution in [3.8, 4) is 127 Å². The van der Waals surface area contributed by atoms with Crippen LogP contribution < -0.4 is 52.1 Å². The predicted molar refractivity (Wildman–Crippen MR) is 395 cm³/mol. The molecule has 0 unspecified atom stereocenters. The van der Waals surface area contributed by atoms with E-state index in [0.717, 1.165) is 90.2 Å². The van der Waals surface area contributed by atoms with Crippen molar-refractivity contribution in [1.29, 1.82) is 0 Å². The van der Waals surface area contributed by atoms with Crippen LogP contribution in [0, 0.1) is 60.1 Å². The molecule has 6 heterocycles. The number of hydrogen-bond acceptors (Lipinski definition) is 23. The molecule has 0 aliphatic rings. The molecule has 25 heteroatoms. The van der Waals surface area contributed by atoms with E-state index in [-0.39, 0.29) is 17.4 Å². The Bertz CT molecular complexity index is 4510. The van der Waals surface area contributed by atoms with E-state index in [2.05, 4.69) is 75.8 Å². The van der Waals surface area contributed by atoms with E-state index in [1.54, 1.807) is 76.1 Å². The van der Waals surface area contributed by atoms with Gasteiger partial charge in [-0.2, -0.15) is 0 Å². The molecule has 0 fully saturated rings. The van der Waals surface area contributed by atoms with Crippen LogP contribution in [0.5, 0.6) is 59.9 Å². The maximum atomic E-state index is 13.6. The number of aromatic nitrogens is 6. The molecule has 0 radical (unpaired) electrons. The van der Waals surface area contributed by atoms with Gasteiger partial charge in [-0.05, 0) is 162 Å². The van der Waals surface area contributed by atoms with Gasteiger partial charge in [0, 0.05) is 65.7 Å². The SMILES string of the molecule is CCOc1nc(-c2cc(OC)ccc2C)cs1.COc1ccc(C)c(-c2csc(OC)n2)c1.COc1nc(-c2cc(C)ccc2C)cs1.COc1nc(-c2cc(F)c(OC)cc2C)cs1.COc1nc(-c2cc(OC)c(OC)cc2C)cs1.COc1nc(-c2ccc(F)cc2C)cs1. The first-order valence-electron chi connectivity index (χ1n) is 30.0. The van der Waals surface area contributed by atoms with E-state index >= 15 is 0 Å². The molecule has 0 amide bonds. The van der Waals surface area contributed by atoms with Gasteiger partial charge in [0.1, 0.15) is 17.3 Å². The first-order valence-corrected chi connectivity index (χ1v) is 35.3. The molecular weight excluding hydrogens is 1370 g/mol. The van der Waals surface area contributed by atoms with Gasteiger partial charge in [-0.1, -0.05) is 97.8 Å². The number of ether oxygens (including phenoxy) is 11. The Morgan fingerprint density at radius 2 is 0.622 bits per heavy atom. The Balaban J connectivity index is 0.000000166. The first kappa shape index (κ1) is 76.1. The summed E-state index contributed by atoms with van der Waals surface area (Å²) < 4.78 is 83.2. The molecule has 0 atom stereocenters. The van der Waals surface area contributed by atoms with Gasteiger partial charge >= 0.3 is 0 Å². The van der Waals surface area contributed by atoms with Crippen molar-refractivity contribution in [2.75, 3.05) is 77.7 Å². The lowest BCUT2D eigenvalue weighted by atomic mass is 10.0. The van der Waals surface area contributed by atoms with Crippen LogP contribution in [0.25, 0.3) is 67.5 Å². The second-order valence-electron chi connectivity index (χ2n) is 20.9. The Morgan fingerprint density at radius 3 is 0.990 bits per heavy atom. The summed E-state index contributed by atoms with van der Waals surface area (Å²) in [5, 5.41) is 15.7. The van der Waals surface area contributed by atoms with Crippen molar-refractivity contribution in [2.24, 2.45) is 0 Å². The minimum Gasteiger partial charge on any atom is -0.497 e. The Kier molecular flexibility index (Phi) is 29.1. The highest BCUT2D eigenvalue weighted by Crippen LogP contribution is 2.39. The largest absolute Gasteiger partial charge is 0.497 e. The van der Waals surface area contributed by atoms with Gasteiger partial charge in [-0.25, -0.2) is 38.7 Å². The van der Waals surface area contributed by atoms with Crippen molar-refractivity contribution in [3.05, 3.63) is 180 Å². The number of hydrogen-bond donors (Lipinski definition) is 0. The van der Waals surface area contributed by atoms with Crippen LogP contribution in [0.15, 0.2) is 129 Å². The molecule has 12 aromatic rings. The maximum Gasteiger partial charge on any atom is 0.273 e. The molecule has 12 rings (SSSR count). The van der Waals surface area contributed by atoms with Gasteiger partial charge in [0.15, 0.2) is 23.1 Å². The van der Waals surface area contributed by atoms with Gasteiger partial charge in [-0.3, -0.25) is 0 Å². The standard InChI is InChI=1S/C13H15NO3S.C13H15NO2S.C12H12FNO2S.C12H13NO2S.C12H13NOS.C11H10FNOS/c1-8-5-11(15-2)12(16-3)6-9(8)10-7-18-13(14-10)17-4;1-4-16-13-14-12(8-17-13)11-7-10(15-3)6-5-9(11)2;1-7-4-11(15-2)9(13)5-8(7)10-6-17-12(14-10)16-3;1-8-4-5-9(14-2)6-10(8)11-7-16-12(13-11)15-3;1-8-4-5-9(2)10(6-8)11-7-15-12(13-11)14-3;1-7-5-8(12)3-4-9(7)10-6-15-11(13-10)14-2/h5-7H,1-4H3;5-8H,4H2,1-3H3;4-6H,1-3H3;4-7H,1-3H3;4-7H,1-3H3;3-6H,1-2H3. The molecule has 0 N–H and O–H groups in total. The number of methoxy groups -OCH3 is 10. The van der Waals surface area contributed by atoms with Crippen molar-refractivity contribution in [2.45, 2.75) is 55.4 Å². The van der Waals surface area contributed by atoms with Gasteiger partial charge in [0.05, 0.1) is 112 Å². The second kappa shape index (κ2) is 37.5. The van der Waals surface area contributed by atoms with E-state index in [1.807, 2.05) is 109 Å². The molecular formula is C73H78F2N6O11S6. The average Bonchev–Trinajstić information content (AvgIpc) is 1.40. The summed E-state index contributed by atoms with van der Waals surface area (Å²) in [6.07, 6.45) is 0. The van der Waals surface area contributed by atoms with E-state index in [9.17, 15) is 8.78 Å². The highest BCUT2D eigenvalue weighted by atomic mass is 32.1. The van der Waals surface area contributed by atoms with Crippen LogP contribution in [0.2, 0.25) is 0 Å². The van der Waals surface area contributed by atoms with Crippen molar-refractivity contribution >= 4 is 68.0 Å². The maximum absolute atomic E-state index is 13.6. The summed E-state index contributed by atoms with van der Waals surface area (Å²) in [5.41, 5.74) is 19.1. The molecule has 98 heavy (non-hydrogen) atoms. The summed E-state index contributed by atoms with van der Waals surface area (Å²) >= 11 is 8.82. The molecule has 0 bridgehead atoms. The van der Waals surface area contributed by atoms with E-state index in [1.165, 1.54) is 121 Å². The molecule has 0 saturated carbocycles. The fraction of sp³-hybridized carbons (Fsp3) is 0.260. The molecule has 0 aliphatic carbocycles. The van der Waals surface area contributed by atoms with Crippen LogP contribution in [-0.2, 0) is 0 Å². The molecule has 17 nitrogen and oxygen atoms in total. The highest BCUT2D eigenvalue weighted by Gasteiger charge is 2.17. The molecule has 516 valence electrons. The van der Waals surface area contributed by atoms with Gasteiger partial charge in [-0.15, -0.1) is 0 Å². The Labute approximate surface area is 595 Å². The summed E-state index contributed by atoms with van der Waals surface area (Å²) in [6, 6.07) is 30.0. The summed E-state index contributed by atoms with van der Waals surface area (Å²) in [7, 11) is 16.1. The molecule has 6 aromatic heterocycles. The minimum absolute atomic E-state index is 0.224. The quantitative estimate of drug-likeness (QED) is 0.0791. The topological polar surface area (TPSA) is 179 Å². The Morgan fingerprint density at radius 1 is 0.296 bits per heavy atom. The zero-order valence-electron chi connectivity index (χ0n) is 57.8. The molecule has 6 aromatic carbocycles. The van der Waals surface area contributed by atoms with Gasteiger partial charge < -0.3 is 52.1 Å². The third-order valence-electron chi connectivity index (χ3n) is 14.4. The number of aryl methyl sites for hydroxylation is 7. The van der Waals surface area contributed by atoms with Gasteiger partial charge in [0.2, 0.25) is 0 Å². The van der Waals surface area contributed by atoms with Crippen molar-refractivity contribution in [3.63, 3.8) is 0 Å². The van der Waals surface area contributed by atoms with Crippen LogP contribution in [0.4, 0.5) is 8.78 Å². The summed E-state index contributed by atoms with van der Waals surface area (Å²) in [5.74, 6) is 2.74. The normalized spacial score (nSPS) is 10.3. The van der Waals surface area contributed by atoms with Gasteiger partial charge in [0.25, 0.3) is 31.2 Å². The van der Waals surface area contributed by atoms with Crippen LogP contribution >= 0.6 is 68.0 Å². The smallest absolute Gasteiger partial charge is 0.273 e. The predicted octanol–water partition coefficient (Wildman–Crippen LogP) is 19.8. The monoisotopic (exact) mass is 1440 g/mol. The second-order valence-corrected chi connectivity index (χ2v) is 25.8. The third-order valence-corrected chi connectivity index (χ3v) is 19.2. The zero-order valence-corrected chi connectivity index (χ0v) is 62.7. The minimum atomic E-state index is -0.389. The third kappa shape index (κ3) is 20.7. The van der Waals surface area contributed by atoms with E-state index in [4.69, 9.17) is 52.1 Å². The molecule has 0 aliphatic heterocycles. The van der Waals surface area contributed by atoms with Crippen molar-refractivity contribution in [1.82, 2.24) is 29.9 Å². The number of rotatable bonds is 18. The lowest BCUT2D eigenvalue weighted by Crippen LogP contribution is -1.93. The molecule has 0 saturated heterocycles. The number of benzene rings is 6. The summed E-state index contributed by atoms with van der Waals surface area (Å²) in [4.78, 5) is 26.1. The lowest BCUT2D eigenvalue weighted by molar-refractivity contribution is 0.338. The zero-order chi connectivity index (χ0) is 71.0.